The van der Waals surface area contributed by atoms with Crippen molar-refractivity contribution in [1.82, 2.24) is 29.5 Å². The van der Waals surface area contributed by atoms with Gasteiger partial charge in [0.25, 0.3) is 5.56 Å². The zero-order valence-corrected chi connectivity index (χ0v) is 16.3. The number of aromatic nitrogens is 6. The van der Waals surface area contributed by atoms with E-state index in [-0.39, 0.29) is 23.8 Å². The third-order valence-electron chi connectivity index (χ3n) is 4.75. The number of benzene rings is 2. The molecule has 0 aliphatic heterocycles. The van der Waals surface area contributed by atoms with Gasteiger partial charge in [-0.2, -0.15) is 10.1 Å². The van der Waals surface area contributed by atoms with Crippen LogP contribution < -0.4 is 10.3 Å². The van der Waals surface area contributed by atoms with Crippen LogP contribution in [-0.2, 0) is 6.54 Å². The van der Waals surface area contributed by atoms with Crippen LogP contribution in [-0.4, -0.2) is 36.6 Å². The fourth-order valence-electron chi connectivity index (χ4n) is 3.15. The largest absolute Gasteiger partial charge is 0.497 e. The lowest BCUT2D eigenvalue weighted by molar-refractivity contribution is 0.369. The van der Waals surface area contributed by atoms with Gasteiger partial charge in [0.1, 0.15) is 29.8 Å². The Labute approximate surface area is 174 Å². The van der Waals surface area contributed by atoms with Crippen LogP contribution >= 0.6 is 0 Å². The highest BCUT2D eigenvalue weighted by molar-refractivity contribution is 5.75. The molecule has 0 radical (unpaired) electrons. The van der Waals surface area contributed by atoms with Crippen molar-refractivity contribution in [3.8, 4) is 22.8 Å². The summed E-state index contributed by atoms with van der Waals surface area (Å²) in [4.78, 5) is 21.6. The minimum atomic E-state index is -0.353. The monoisotopic (exact) mass is 418 g/mol. The van der Waals surface area contributed by atoms with Crippen molar-refractivity contribution in [1.29, 1.82) is 0 Å². The lowest BCUT2D eigenvalue weighted by Crippen LogP contribution is -2.21. The molecule has 31 heavy (non-hydrogen) atoms. The summed E-state index contributed by atoms with van der Waals surface area (Å²) in [6.07, 6.45) is 2.89. The first-order chi connectivity index (χ1) is 15.1. The van der Waals surface area contributed by atoms with Gasteiger partial charge in [0, 0.05) is 5.56 Å². The van der Waals surface area contributed by atoms with Crippen LogP contribution in [0.1, 0.15) is 5.89 Å². The van der Waals surface area contributed by atoms with Crippen LogP contribution in [0, 0.1) is 5.82 Å². The Morgan fingerprint density at radius 1 is 1.10 bits per heavy atom. The summed E-state index contributed by atoms with van der Waals surface area (Å²) in [6, 6.07) is 13.0. The van der Waals surface area contributed by atoms with Crippen molar-refractivity contribution >= 4 is 11.0 Å². The molecule has 0 saturated carbocycles. The molecular weight excluding hydrogens is 403 g/mol. The molecule has 0 saturated heterocycles. The van der Waals surface area contributed by atoms with Crippen molar-refractivity contribution in [2.45, 2.75) is 6.54 Å². The summed E-state index contributed by atoms with van der Waals surface area (Å²) in [5.41, 5.74) is 1.51. The molecule has 0 atom stereocenters. The summed E-state index contributed by atoms with van der Waals surface area (Å²) in [6.45, 7) is 0.0453. The Kier molecular flexibility index (Phi) is 4.51. The third kappa shape index (κ3) is 3.44. The Morgan fingerprint density at radius 2 is 1.87 bits per heavy atom. The van der Waals surface area contributed by atoms with Crippen molar-refractivity contribution < 1.29 is 13.7 Å². The van der Waals surface area contributed by atoms with E-state index in [2.05, 4.69) is 20.2 Å². The van der Waals surface area contributed by atoms with Gasteiger partial charge in [-0.05, 0) is 48.5 Å². The molecule has 0 unspecified atom stereocenters. The molecule has 0 spiro atoms. The highest BCUT2D eigenvalue weighted by atomic mass is 19.1. The molecule has 0 N–H and O–H groups in total. The Balaban J connectivity index is 1.44. The van der Waals surface area contributed by atoms with E-state index in [0.29, 0.717) is 22.4 Å². The van der Waals surface area contributed by atoms with E-state index in [1.54, 1.807) is 36.1 Å². The average molecular weight is 418 g/mol. The first-order valence-electron chi connectivity index (χ1n) is 9.28. The molecule has 0 aliphatic carbocycles. The fourth-order valence-corrected chi connectivity index (χ4v) is 3.15. The van der Waals surface area contributed by atoms with E-state index < -0.39 is 0 Å². The number of halogens is 1. The number of rotatable bonds is 5. The summed E-state index contributed by atoms with van der Waals surface area (Å²) in [7, 11) is 1.59. The summed E-state index contributed by atoms with van der Waals surface area (Å²) in [5.74, 6) is 0.901. The van der Waals surface area contributed by atoms with Gasteiger partial charge >= 0.3 is 0 Å². The maximum Gasteiger partial charge on any atom is 0.264 e. The minimum absolute atomic E-state index is 0.0453. The van der Waals surface area contributed by atoms with Gasteiger partial charge in [0.2, 0.25) is 11.7 Å². The molecule has 0 bridgehead atoms. The molecule has 0 aliphatic rings. The molecule has 3 aromatic heterocycles. The zero-order chi connectivity index (χ0) is 21.4. The van der Waals surface area contributed by atoms with Gasteiger partial charge in [-0.3, -0.25) is 9.36 Å². The molecule has 9 nitrogen and oxygen atoms in total. The van der Waals surface area contributed by atoms with Gasteiger partial charge < -0.3 is 9.26 Å². The Morgan fingerprint density at radius 3 is 2.61 bits per heavy atom. The fraction of sp³-hybridized carbons (Fsp3) is 0.0952. The van der Waals surface area contributed by atoms with Crippen LogP contribution in [0.3, 0.4) is 0 Å². The van der Waals surface area contributed by atoms with E-state index in [0.717, 1.165) is 11.4 Å². The van der Waals surface area contributed by atoms with Crippen LogP contribution in [0.25, 0.3) is 28.1 Å². The molecule has 5 aromatic rings. The molecule has 5 rings (SSSR count). The smallest absolute Gasteiger partial charge is 0.264 e. The average Bonchev–Trinajstić information content (AvgIpc) is 3.44. The highest BCUT2D eigenvalue weighted by Crippen LogP contribution is 2.18. The maximum absolute atomic E-state index is 13.1. The molecule has 154 valence electrons. The van der Waals surface area contributed by atoms with Gasteiger partial charge in [0.15, 0.2) is 5.65 Å². The number of methoxy groups -OCH3 is 1. The second-order valence-electron chi connectivity index (χ2n) is 6.69. The van der Waals surface area contributed by atoms with Gasteiger partial charge in [0.05, 0.1) is 19.0 Å². The lowest BCUT2D eigenvalue weighted by Gasteiger charge is -2.05. The van der Waals surface area contributed by atoms with Crippen molar-refractivity contribution in [3.63, 3.8) is 0 Å². The second kappa shape index (κ2) is 7.48. The van der Waals surface area contributed by atoms with Crippen molar-refractivity contribution in [3.05, 3.63) is 83.1 Å². The number of hydrogen-bond donors (Lipinski definition) is 0. The lowest BCUT2D eigenvalue weighted by atomic mass is 10.2. The summed E-state index contributed by atoms with van der Waals surface area (Å²) < 4.78 is 26.4. The number of hydrogen-bond acceptors (Lipinski definition) is 7. The standard InChI is InChI=1S/C21H15FN6O3/c1-30-16-8-6-15(7-9-16)28-20-17(10-24-28)21(29)27(12-23-20)11-18-25-19(26-31-18)13-2-4-14(22)5-3-13/h2-10,12H,11H2,1H3. The van der Waals surface area contributed by atoms with Crippen LogP contribution in [0.4, 0.5) is 4.39 Å². The molecular formula is C21H15FN6O3. The molecule has 0 amide bonds. The first-order valence-corrected chi connectivity index (χ1v) is 9.28. The summed E-state index contributed by atoms with van der Waals surface area (Å²) >= 11 is 0. The predicted octanol–water partition coefficient (Wildman–Crippen LogP) is 2.83. The number of fused-ring (bicyclic) bond motifs is 1. The van der Waals surface area contributed by atoms with Crippen LogP contribution in [0.5, 0.6) is 5.75 Å². The van der Waals surface area contributed by atoms with Crippen LogP contribution in [0.15, 0.2) is 70.4 Å². The quantitative estimate of drug-likeness (QED) is 0.433. The maximum atomic E-state index is 13.1. The van der Waals surface area contributed by atoms with Gasteiger partial charge in [-0.1, -0.05) is 5.16 Å². The van der Waals surface area contributed by atoms with Crippen molar-refractivity contribution in [2.75, 3.05) is 7.11 Å². The Hall–Kier alpha value is -4.34. The second-order valence-corrected chi connectivity index (χ2v) is 6.69. The number of ether oxygens (including phenoxy) is 1. The molecule has 2 aromatic carbocycles. The van der Waals surface area contributed by atoms with E-state index in [1.165, 1.54) is 29.2 Å². The van der Waals surface area contributed by atoms with E-state index in [1.807, 2.05) is 12.1 Å². The Bertz CT molecular complexity index is 1420. The van der Waals surface area contributed by atoms with E-state index >= 15 is 0 Å². The first kappa shape index (κ1) is 18.7. The third-order valence-corrected chi connectivity index (χ3v) is 4.75. The minimum Gasteiger partial charge on any atom is -0.497 e. The molecule has 10 heteroatoms. The topological polar surface area (TPSA) is 101 Å². The van der Waals surface area contributed by atoms with Crippen molar-refractivity contribution in [2.24, 2.45) is 0 Å². The van der Waals surface area contributed by atoms with E-state index in [9.17, 15) is 9.18 Å². The zero-order valence-electron chi connectivity index (χ0n) is 16.3. The normalized spacial score (nSPS) is 11.2. The van der Waals surface area contributed by atoms with Gasteiger partial charge in [-0.15, -0.1) is 0 Å². The number of nitrogens with zero attached hydrogens (tertiary/aromatic N) is 6. The van der Waals surface area contributed by atoms with Gasteiger partial charge in [-0.25, -0.2) is 14.1 Å². The van der Waals surface area contributed by atoms with E-state index in [4.69, 9.17) is 9.26 Å². The molecule has 0 fully saturated rings. The van der Waals surface area contributed by atoms with Crippen LogP contribution in [0.2, 0.25) is 0 Å². The summed E-state index contributed by atoms with van der Waals surface area (Å²) in [5, 5.41) is 8.55. The predicted molar refractivity (Wildman–Crippen MR) is 108 cm³/mol. The molecule has 3 heterocycles. The SMILES string of the molecule is COc1ccc(-n2ncc3c(=O)n(Cc4nc(-c5ccc(F)cc5)no4)cnc32)cc1. The highest BCUT2D eigenvalue weighted by Gasteiger charge is 2.14.